The van der Waals surface area contributed by atoms with Crippen molar-refractivity contribution in [2.75, 3.05) is 5.32 Å². The van der Waals surface area contributed by atoms with Gasteiger partial charge in [0, 0.05) is 11.8 Å². The standard InChI is InChI=1S/C14H13FN2O/c1-9-3-6-13(16-8-9)17-14(18)12-7-11(15)5-4-10(12)2/h3-8H,1-2H3,(H,16,17,18). The summed E-state index contributed by atoms with van der Waals surface area (Å²) in [5.41, 5.74) is 2.05. The van der Waals surface area contributed by atoms with E-state index in [4.69, 9.17) is 0 Å². The fraction of sp³-hybridized carbons (Fsp3) is 0.143. The van der Waals surface area contributed by atoms with Gasteiger partial charge in [0.15, 0.2) is 0 Å². The molecule has 3 nitrogen and oxygen atoms in total. The first-order chi connectivity index (χ1) is 8.56. The van der Waals surface area contributed by atoms with Crippen molar-refractivity contribution in [3.63, 3.8) is 0 Å². The molecular weight excluding hydrogens is 231 g/mol. The summed E-state index contributed by atoms with van der Waals surface area (Å²) in [6.45, 7) is 3.67. The average Bonchev–Trinajstić information content (AvgIpc) is 2.35. The lowest BCUT2D eigenvalue weighted by atomic mass is 10.1. The number of halogens is 1. The minimum Gasteiger partial charge on any atom is -0.307 e. The molecule has 2 aromatic rings. The van der Waals surface area contributed by atoms with Crippen LogP contribution in [0, 0.1) is 19.7 Å². The maximum atomic E-state index is 13.1. The van der Waals surface area contributed by atoms with Gasteiger partial charge in [0.25, 0.3) is 5.91 Å². The fourth-order valence-corrected chi connectivity index (χ4v) is 1.56. The van der Waals surface area contributed by atoms with E-state index in [1.165, 1.54) is 12.1 Å². The molecule has 0 spiro atoms. The van der Waals surface area contributed by atoms with Crippen molar-refractivity contribution >= 4 is 11.7 Å². The van der Waals surface area contributed by atoms with Crippen LogP contribution in [0.25, 0.3) is 0 Å². The second kappa shape index (κ2) is 4.96. The monoisotopic (exact) mass is 244 g/mol. The molecule has 0 aliphatic carbocycles. The molecule has 1 amide bonds. The Hall–Kier alpha value is -2.23. The van der Waals surface area contributed by atoms with Gasteiger partial charge in [0.05, 0.1) is 0 Å². The molecular formula is C14H13FN2O. The van der Waals surface area contributed by atoms with E-state index in [9.17, 15) is 9.18 Å². The number of carbonyl (C=O) groups is 1. The molecule has 18 heavy (non-hydrogen) atoms. The highest BCUT2D eigenvalue weighted by atomic mass is 19.1. The van der Waals surface area contributed by atoms with E-state index in [1.807, 2.05) is 13.0 Å². The number of aromatic nitrogens is 1. The van der Waals surface area contributed by atoms with Gasteiger partial charge in [-0.15, -0.1) is 0 Å². The third kappa shape index (κ3) is 2.71. The maximum Gasteiger partial charge on any atom is 0.257 e. The van der Waals surface area contributed by atoms with Crippen LogP contribution in [-0.4, -0.2) is 10.9 Å². The van der Waals surface area contributed by atoms with Crippen LogP contribution in [0.4, 0.5) is 10.2 Å². The average molecular weight is 244 g/mol. The van der Waals surface area contributed by atoms with Crippen molar-refractivity contribution in [2.24, 2.45) is 0 Å². The summed E-state index contributed by atoms with van der Waals surface area (Å²) in [5, 5.41) is 2.64. The van der Waals surface area contributed by atoms with Crippen molar-refractivity contribution in [2.45, 2.75) is 13.8 Å². The van der Waals surface area contributed by atoms with Gasteiger partial charge in [-0.2, -0.15) is 0 Å². The van der Waals surface area contributed by atoms with Crippen LogP contribution >= 0.6 is 0 Å². The van der Waals surface area contributed by atoms with Gasteiger partial charge in [-0.05, 0) is 43.2 Å². The molecule has 0 bridgehead atoms. The quantitative estimate of drug-likeness (QED) is 0.882. The summed E-state index contributed by atoms with van der Waals surface area (Å²) in [5.74, 6) is -0.333. The van der Waals surface area contributed by atoms with E-state index in [1.54, 1.807) is 25.3 Å². The number of amides is 1. The number of aryl methyl sites for hydroxylation is 2. The largest absolute Gasteiger partial charge is 0.307 e. The summed E-state index contributed by atoms with van der Waals surface area (Å²) < 4.78 is 13.1. The Morgan fingerprint density at radius 1 is 1.22 bits per heavy atom. The zero-order chi connectivity index (χ0) is 13.1. The van der Waals surface area contributed by atoms with E-state index in [0.29, 0.717) is 11.4 Å². The molecule has 4 heteroatoms. The van der Waals surface area contributed by atoms with Gasteiger partial charge in [0.1, 0.15) is 11.6 Å². The van der Waals surface area contributed by atoms with Crippen LogP contribution in [0.5, 0.6) is 0 Å². The van der Waals surface area contributed by atoms with Crippen LogP contribution in [0.3, 0.4) is 0 Å². The van der Waals surface area contributed by atoms with Gasteiger partial charge < -0.3 is 5.32 Å². The minimum absolute atomic E-state index is 0.317. The Morgan fingerprint density at radius 2 is 2.00 bits per heavy atom. The molecule has 0 unspecified atom stereocenters. The third-order valence-electron chi connectivity index (χ3n) is 2.60. The molecule has 1 aromatic heterocycles. The van der Waals surface area contributed by atoms with Crippen LogP contribution in [0.2, 0.25) is 0 Å². The van der Waals surface area contributed by atoms with E-state index in [-0.39, 0.29) is 5.91 Å². The normalized spacial score (nSPS) is 10.2. The van der Waals surface area contributed by atoms with Gasteiger partial charge >= 0.3 is 0 Å². The van der Waals surface area contributed by atoms with E-state index < -0.39 is 5.82 Å². The molecule has 0 saturated heterocycles. The Bertz CT molecular complexity index is 579. The van der Waals surface area contributed by atoms with E-state index in [2.05, 4.69) is 10.3 Å². The van der Waals surface area contributed by atoms with Crippen molar-refractivity contribution in [1.82, 2.24) is 4.98 Å². The molecule has 1 N–H and O–H groups in total. The number of anilines is 1. The molecule has 0 aliphatic heterocycles. The van der Waals surface area contributed by atoms with Crippen LogP contribution in [-0.2, 0) is 0 Å². The smallest absolute Gasteiger partial charge is 0.257 e. The van der Waals surface area contributed by atoms with E-state index >= 15 is 0 Å². The summed E-state index contributed by atoms with van der Waals surface area (Å²) >= 11 is 0. The molecule has 0 saturated carbocycles. The van der Waals surface area contributed by atoms with Crippen molar-refractivity contribution in [3.05, 3.63) is 59.0 Å². The molecule has 1 aromatic carbocycles. The minimum atomic E-state index is -0.428. The summed E-state index contributed by atoms with van der Waals surface area (Å²) in [6, 6.07) is 7.69. The number of nitrogens with zero attached hydrogens (tertiary/aromatic N) is 1. The highest BCUT2D eigenvalue weighted by molar-refractivity contribution is 6.04. The molecule has 2 rings (SSSR count). The second-order valence-electron chi connectivity index (χ2n) is 4.13. The number of rotatable bonds is 2. The lowest BCUT2D eigenvalue weighted by Crippen LogP contribution is -2.14. The molecule has 0 atom stereocenters. The maximum absolute atomic E-state index is 13.1. The summed E-state index contributed by atoms with van der Waals surface area (Å²) in [7, 11) is 0. The number of benzene rings is 1. The van der Waals surface area contributed by atoms with Crippen molar-refractivity contribution < 1.29 is 9.18 Å². The lowest BCUT2D eigenvalue weighted by molar-refractivity contribution is 0.102. The summed E-state index contributed by atoms with van der Waals surface area (Å²) in [4.78, 5) is 16.0. The van der Waals surface area contributed by atoms with Crippen LogP contribution in [0.15, 0.2) is 36.5 Å². The number of hydrogen-bond acceptors (Lipinski definition) is 2. The third-order valence-corrected chi connectivity index (χ3v) is 2.60. The van der Waals surface area contributed by atoms with Gasteiger partial charge in [-0.1, -0.05) is 12.1 Å². The number of carbonyl (C=O) groups excluding carboxylic acids is 1. The predicted molar refractivity (Wildman–Crippen MR) is 68.1 cm³/mol. The number of nitrogens with one attached hydrogen (secondary N) is 1. The Morgan fingerprint density at radius 3 is 2.67 bits per heavy atom. The van der Waals surface area contributed by atoms with Crippen LogP contribution < -0.4 is 5.32 Å². The van der Waals surface area contributed by atoms with Gasteiger partial charge in [0.2, 0.25) is 0 Å². The molecule has 92 valence electrons. The molecule has 0 fully saturated rings. The first kappa shape index (κ1) is 12.2. The number of hydrogen-bond donors (Lipinski definition) is 1. The first-order valence-corrected chi connectivity index (χ1v) is 5.56. The number of pyridine rings is 1. The Balaban J connectivity index is 2.21. The lowest BCUT2D eigenvalue weighted by Gasteiger charge is -2.07. The van der Waals surface area contributed by atoms with Crippen molar-refractivity contribution in [1.29, 1.82) is 0 Å². The van der Waals surface area contributed by atoms with E-state index in [0.717, 1.165) is 11.1 Å². The Kier molecular flexibility index (Phi) is 3.37. The van der Waals surface area contributed by atoms with Gasteiger partial charge in [-0.3, -0.25) is 4.79 Å². The molecule has 0 radical (unpaired) electrons. The summed E-state index contributed by atoms with van der Waals surface area (Å²) in [6.07, 6.45) is 1.66. The van der Waals surface area contributed by atoms with Crippen LogP contribution in [0.1, 0.15) is 21.5 Å². The highest BCUT2D eigenvalue weighted by Crippen LogP contribution is 2.13. The zero-order valence-electron chi connectivity index (χ0n) is 10.2. The molecule has 1 heterocycles. The van der Waals surface area contributed by atoms with Gasteiger partial charge in [-0.25, -0.2) is 9.37 Å². The highest BCUT2D eigenvalue weighted by Gasteiger charge is 2.10. The SMILES string of the molecule is Cc1ccc(NC(=O)c2cc(F)ccc2C)nc1. The zero-order valence-corrected chi connectivity index (χ0v) is 10.2. The fourth-order valence-electron chi connectivity index (χ4n) is 1.56. The molecule has 0 aliphatic rings. The topological polar surface area (TPSA) is 42.0 Å². The Labute approximate surface area is 105 Å². The van der Waals surface area contributed by atoms with Crippen molar-refractivity contribution in [3.8, 4) is 0 Å². The predicted octanol–water partition coefficient (Wildman–Crippen LogP) is 3.09. The second-order valence-corrected chi connectivity index (χ2v) is 4.13. The first-order valence-electron chi connectivity index (χ1n) is 5.56.